The molecule has 1 atom stereocenters. The predicted molar refractivity (Wildman–Crippen MR) is 122 cm³/mol. The largest absolute Gasteiger partial charge is 0.326 e. The Labute approximate surface area is 185 Å². The third kappa shape index (κ3) is 5.38. The molecule has 7 nitrogen and oxygen atoms in total. The van der Waals surface area contributed by atoms with Crippen LogP contribution in [0, 0.1) is 6.92 Å². The summed E-state index contributed by atoms with van der Waals surface area (Å²) in [6.07, 6.45) is 0.376. The lowest BCUT2D eigenvalue weighted by Gasteiger charge is -2.18. The zero-order chi connectivity index (χ0) is 22.5. The van der Waals surface area contributed by atoms with Gasteiger partial charge in [-0.3, -0.25) is 14.4 Å². The maximum Gasteiger partial charge on any atom is 0.267 e. The minimum absolute atomic E-state index is 0.178. The average molecular weight is 439 g/mol. The second-order valence-electron chi connectivity index (χ2n) is 7.13. The quantitative estimate of drug-likeness (QED) is 0.595. The normalized spacial score (nSPS) is 11.6. The highest BCUT2D eigenvalue weighted by Crippen LogP contribution is 2.24. The van der Waals surface area contributed by atoms with Crippen molar-refractivity contribution in [3.05, 3.63) is 75.5 Å². The van der Waals surface area contributed by atoms with Gasteiger partial charge in [-0.05, 0) is 55.3 Å². The summed E-state index contributed by atoms with van der Waals surface area (Å²) >= 11 is 5.89. The molecule has 160 valence electrons. The fourth-order valence-electron chi connectivity index (χ4n) is 3.14. The lowest BCUT2D eigenvalue weighted by atomic mass is 10.1. The number of anilines is 2. The summed E-state index contributed by atoms with van der Waals surface area (Å²) in [5.74, 6) is -0.525. The van der Waals surface area contributed by atoms with Gasteiger partial charge >= 0.3 is 0 Å². The Morgan fingerprint density at radius 1 is 1.06 bits per heavy atom. The minimum atomic E-state index is -0.789. The number of nitrogens with one attached hydrogen (secondary N) is 2. The smallest absolute Gasteiger partial charge is 0.267 e. The third-order valence-corrected chi connectivity index (χ3v) is 5.02. The van der Waals surface area contributed by atoms with E-state index in [0.717, 1.165) is 11.1 Å². The monoisotopic (exact) mass is 438 g/mol. The topological polar surface area (TPSA) is 93.1 Å². The van der Waals surface area contributed by atoms with Crippen LogP contribution in [-0.4, -0.2) is 21.6 Å². The first-order valence-electron chi connectivity index (χ1n) is 9.83. The highest BCUT2D eigenvalue weighted by Gasteiger charge is 2.21. The van der Waals surface area contributed by atoms with Crippen LogP contribution in [0.15, 0.2) is 59.4 Å². The van der Waals surface area contributed by atoms with Crippen molar-refractivity contribution < 1.29 is 9.59 Å². The standard InChI is InChI=1S/C23H23ClN4O3/c1-4-21(23(31)26-18-9-7-17(24)8-10-18)28-22(30)12-11-19(27-28)16-6-5-14(2)20(13-16)25-15(3)29/h5-13,21H,4H2,1-3H3,(H,25,29)(H,26,31)/t21-/m1/s1. The fraction of sp³-hybridized carbons (Fsp3) is 0.217. The number of carbonyl (C=O) groups excluding carboxylic acids is 2. The molecule has 0 aliphatic rings. The van der Waals surface area contributed by atoms with Crippen LogP contribution in [0.25, 0.3) is 11.3 Å². The van der Waals surface area contributed by atoms with Crippen LogP contribution in [0.5, 0.6) is 0 Å². The van der Waals surface area contributed by atoms with E-state index < -0.39 is 6.04 Å². The van der Waals surface area contributed by atoms with Crippen LogP contribution in [0.2, 0.25) is 5.02 Å². The van der Waals surface area contributed by atoms with Crippen LogP contribution >= 0.6 is 11.6 Å². The molecule has 2 aromatic carbocycles. The van der Waals surface area contributed by atoms with Gasteiger partial charge in [-0.2, -0.15) is 5.10 Å². The second kappa shape index (κ2) is 9.57. The van der Waals surface area contributed by atoms with Crippen LogP contribution in [0.3, 0.4) is 0 Å². The lowest BCUT2D eigenvalue weighted by Crippen LogP contribution is -2.34. The number of aryl methyl sites for hydroxylation is 1. The van der Waals surface area contributed by atoms with E-state index in [-0.39, 0.29) is 17.4 Å². The van der Waals surface area contributed by atoms with Crippen molar-refractivity contribution >= 4 is 34.8 Å². The number of amides is 2. The molecule has 31 heavy (non-hydrogen) atoms. The van der Waals surface area contributed by atoms with E-state index >= 15 is 0 Å². The highest BCUT2D eigenvalue weighted by atomic mass is 35.5. The first-order valence-corrected chi connectivity index (χ1v) is 10.2. The molecule has 0 saturated carbocycles. The van der Waals surface area contributed by atoms with Gasteiger partial charge in [-0.15, -0.1) is 0 Å². The van der Waals surface area contributed by atoms with Gasteiger partial charge in [-0.1, -0.05) is 30.7 Å². The zero-order valence-corrected chi connectivity index (χ0v) is 18.2. The molecule has 0 unspecified atom stereocenters. The Morgan fingerprint density at radius 3 is 2.42 bits per heavy atom. The summed E-state index contributed by atoms with van der Waals surface area (Å²) in [7, 11) is 0. The van der Waals surface area contributed by atoms with Crippen molar-refractivity contribution in [2.45, 2.75) is 33.2 Å². The molecule has 0 radical (unpaired) electrons. The number of hydrogen-bond acceptors (Lipinski definition) is 4. The summed E-state index contributed by atoms with van der Waals surface area (Å²) in [5, 5.41) is 10.6. The lowest BCUT2D eigenvalue weighted by molar-refractivity contribution is -0.119. The fourth-order valence-corrected chi connectivity index (χ4v) is 3.26. The van der Waals surface area contributed by atoms with Gasteiger partial charge in [0.2, 0.25) is 11.8 Å². The summed E-state index contributed by atoms with van der Waals surface area (Å²) in [6.45, 7) is 5.14. The number of nitrogens with zero attached hydrogens (tertiary/aromatic N) is 2. The molecular formula is C23H23ClN4O3. The van der Waals surface area contributed by atoms with Gasteiger partial charge in [0, 0.05) is 35.0 Å². The predicted octanol–water partition coefficient (Wildman–Crippen LogP) is 4.42. The first kappa shape index (κ1) is 22.2. The van der Waals surface area contributed by atoms with Crippen molar-refractivity contribution in [3.63, 3.8) is 0 Å². The minimum Gasteiger partial charge on any atom is -0.326 e. The van der Waals surface area contributed by atoms with E-state index in [1.165, 1.54) is 17.7 Å². The molecule has 8 heteroatoms. The molecule has 2 amide bonds. The van der Waals surface area contributed by atoms with E-state index in [4.69, 9.17) is 11.6 Å². The average Bonchev–Trinajstić information content (AvgIpc) is 2.73. The third-order valence-electron chi connectivity index (χ3n) is 4.77. The van der Waals surface area contributed by atoms with Gasteiger partial charge < -0.3 is 10.6 Å². The number of aromatic nitrogens is 2. The molecule has 0 aliphatic carbocycles. The van der Waals surface area contributed by atoms with Crippen molar-refractivity contribution in [2.24, 2.45) is 0 Å². The van der Waals surface area contributed by atoms with E-state index in [0.29, 0.717) is 28.5 Å². The van der Waals surface area contributed by atoms with E-state index in [1.807, 2.05) is 26.0 Å². The number of benzene rings is 2. The van der Waals surface area contributed by atoms with E-state index in [9.17, 15) is 14.4 Å². The molecule has 0 aliphatic heterocycles. The number of halogens is 1. The van der Waals surface area contributed by atoms with Gasteiger partial charge in [0.1, 0.15) is 6.04 Å². The molecular weight excluding hydrogens is 416 g/mol. The van der Waals surface area contributed by atoms with E-state index in [1.54, 1.807) is 36.4 Å². The summed E-state index contributed by atoms with van der Waals surface area (Å²) in [6, 6.07) is 14.4. The van der Waals surface area contributed by atoms with Crippen LogP contribution in [0.4, 0.5) is 11.4 Å². The molecule has 1 heterocycles. The number of hydrogen-bond donors (Lipinski definition) is 2. The Balaban J connectivity index is 1.94. The maximum absolute atomic E-state index is 12.9. The van der Waals surface area contributed by atoms with Gasteiger partial charge in [0.25, 0.3) is 5.56 Å². The van der Waals surface area contributed by atoms with Gasteiger partial charge in [-0.25, -0.2) is 4.68 Å². The van der Waals surface area contributed by atoms with Crippen molar-refractivity contribution in [2.75, 3.05) is 10.6 Å². The molecule has 1 aromatic heterocycles. The van der Waals surface area contributed by atoms with Crippen LogP contribution in [0.1, 0.15) is 31.9 Å². The van der Waals surface area contributed by atoms with Gasteiger partial charge in [0.15, 0.2) is 0 Å². The van der Waals surface area contributed by atoms with Crippen molar-refractivity contribution in [1.82, 2.24) is 9.78 Å². The Morgan fingerprint density at radius 2 is 1.77 bits per heavy atom. The van der Waals surface area contributed by atoms with Crippen molar-refractivity contribution in [1.29, 1.82) is 0 Å². The van der Waals surface area contributed by atoms with Crippen LogP contribution in [-0.2, 0) is 9.59 Å². The Bertz CT molecular complexity index is 1170. The van der Waals surface area contributed by atoms with Gasteiger partial charge in [0.05, 0.1) is 5.69 Å². The molecule has 0 spiro atoms. The summed E-state index contributed by atoms with van der Waals surface area (Å²) in [4.78, 5) is 36.8. The highest BCUT2D eigenvalue weighted by molar-refractivity contribution is 6.30. The second-order valence-corrected chi connectivity index (χ2v) is 7.57. The molecule has 0 bridgehead atoms. The Hall–Kier alpha value is -3.45. The maximum atomic E-state index is 12.9. The molecule has 3 aromatic rings. The molecule has 2 N–H and O–H groups in total. The first-order chi connectivity index (χ1) is 14.8. The SMILES string of the molecule is CC[C@H](C(=O)Nc1ccc(Cl)cc1)n1nc(-c2ccc(C)c(NC(C)=O)c2)ccc1=O. The van der Waals surface area contributed by atoms with Crippen LogP contribution < -0.4 is 16.2 Å². The number of carbonyl (C=O) groups is 2. The summed E-state index contributed by atoms with van der Waals surface area (Å²) < 4.78 is 1.19. The van der Waals surface area contributed by atoms with Crippen molar-refractivity contribution in [3.8, 4) is 11.3 Å². The summed E-state index contributed by atoms with van der Waals surface area (Å²) in [5.41, 5.74) is 3.00. The molecule has 3 rings (SSSR count). The number of rotatable bonds is 6. The van der Waals surface area contributed by atoms with E-state index in [2.05, 4.69) is 15.7 Å². The molecule has 0 saturated heterocycles. The molecule has 0 fully saturated rings. The Kier molecular flexibility index (Phi) is 6.87. The zero-order valence-electron chi connectivity index (χ0n) is 17.5.